The van der Waals surface area contributed by atoms with Crippen LogP contribution in [-0.2, 0) is 10.5 Å². The van der Waals surface area contributed by atoms with E-state index in [0.29, 0.717) is 17.1 Å². The number of rotatable bonds is 4. The van der Waals surface area contributed by atoms with Gasteiger partial charge < -0.3 is 5.32 Å². The van der Waals surface area contributed by atoms with Crippen LogP contribution in [0.1, 0.15) is 11.1 Å². The van der Waals surface area contributed by atoms with E-state index >= 15 is 0 Å². The van der Waals surface area contributed by atoms with Crippen molar-refractivity contribution >= 4 is 17.7 Å². The van der Waals surface area contributed by atoms with Crippen molar-refractivity contribution in [2.45, 2.75) is 5.75 Å². The topological polar surface area (TPSA) is 52.9 Å². The first-order chi connectivity index (χ1) is 7.27. The van der Waals surface area contributed by atoms with Crippen LogP contribution in [0.25, 0.3) is 0 Å². The van der Waals surface area contributed by atoms with Crippen molar-refractivity contribution < 1.29 is 4.79 Å². The molecule has 0 unspecified atom stereocenters. The standard InChI is InChI=1S/C11H12N2OS/c1-13-11(14)8-15-7-10-5-3-2-4-9(10)6-12/h2-5H,7-8H2,1H3,(H,13,14). The van der Waals surface area contributed by atoms with Gasteiger partial charge in [-0.1, -0.05) is 18.2 Å². The number of amides is 1. The Kier molecular flexibility index (Phi) is 4.72. The number of hydrogen-bond donors (Lipinski definition) is 1. The Morgan fingerprint density at radius 2 is 2.27 bits per heavy atom. The van der Waals surface area contributed by atoms with Crippen molar-refractivity contribution in [2.24, 2.45) is 0 Å². The van der Waals surface area contributed by atoms with Crippen LogP contribution in [0.2, 0.25) is 0 Å². The Balaban J connectivity index is 2.51. The maximum Gasteiger partial charge on any atom is 0.229 e. The van der Waals surface area contributed by atoms with Crippen molar-refractivity contribution in [1.82, 2.24) is 5.32 Å². The highest BCUT2D eigenvalue weighted by Crippen LogP contribution is 2.15. The zero-order valence-corrected chi connectivity index (χ0v) is 9.30. The van der Waals surface area contributed by atoms with Crippen LogP contribution >= 0.6 is 11.8 Å². The summed E-state index contributed by atoms with van der Waals surface area (Å²) in [6, 6.07) is 9.57. The SMILES string of the molecule is CNC(=O)CSCc1ccccc1C#N. The van der Waals surface area contributed by atoms with Gasteiger partial charge in [0.1, 0.15) is 0 Å². The van der Waals surface area contributed by atoms with Crippen LogP contribution in [-0.4, -0.2) is 18.7 Å². The third-order valence-corrected chi connectivity index (χ3v) is 2.89. The quantitative estimate of drug-likeness (QED) is 0.837. The van der Waals surface area contributed by atoms with Gasteiger partial charge in [-0.05, 0) is 11.6 Å². The van der Waals surface area contributed by atoms with Crippen LogP contribution in [0, 0.1) is 11.3 Å². The first-order valence-electron chi connectivity index (χ1n) is 4.54. The zero-order valence-electron chi connectivity index (χ0n) is 8.49. The predicted octanol–water partition coefficient (Wildman–Crippen LogP) is 1.54. The summed E-state index contributed by atoms with van der Waals surface area (Å²) in [5, 5.41) is 11.4. The summed E-state index contributed by atoms with van der Waals surface area (Å²) in [7, 11) is 1.62. The molecule has 0 saturated carbocycles. The summed E-state index contributed by atoms with van der Waals surface area (Å²) in [6.07, 6.45) is 0. The zero-order chi connectivity index (χ0) is 11.1. The third-order valence-electron chi connectivity index (χ3n) is 1.91. The van der Waals surface area contributed by atoms with Crippen molar-refractivity contribution in [3.63, 3.8) is 0 Å². The van der Waals surface area contributed by atoms with E-state index < -0.39 is 0 Å². The van der Waals surface area contributed by atoms with Gasteiger partial charge in [0.2, 0.25) is 5.91 Å². The second-order valence-electron chi connectivity index (χ2n) is 2.93. The Morgan fingerprint density at radius 1 is 1.53 bits per heavy atom. The van der Waals surface area contributed by atoms with E-state index in [9.17, 15) is 4.79 Å². The average Bonchev–Trinajstić information content (AvgIpc) is 2.29. The lowest BCUT2D eigenvalue weighted by atomic mass is 10.1. The normalized spacial score (nSPS) is 9.33. The Morgan fingerprint density at radius 3 is 2.93 bits per heavy atom. The number of hydrogen-bond acceptors (Lipinski definition) is 3. The van der Waals surface area contributed by atoms with E-state index in [0.717, 1.165) is 5.56 Å². The molecule has 0 radical (unpaired) electrons. The highest BCUT2D eigenvalue weighted by molar-refractivity contribution is 7.99. The minimum absolute atomic E-state index is 0.00874. The van der Waals surface area contributed by atoms with Crippen LogP contribution in [0.3, 0.4) is 0 Å². The summed E-state index contributed by atoms with van der Waals surface area (Å²) < 4.78 is 0. The van der Waals surface area contributed by atoms with E-state index in [1.807, 2.05) is 18.2 Å². The molecule has 78 valence electrons. The Hall–Kier alpha value is -1.47. The highest BCUT2D eigenvalue weighted by Gasteiger charge is 2.02. The fourth-order valence-electron chi connectivity index (χ4n) is 1.08. The minimum Gasteiger partial charge on any atom is -0.358 e. The van der Waals surface area contributed by atoms with E-state index in [-0.39, 0.29) is 5.91 Å². The van der Waals surface area contributed by atoms with E-state index in [4.69, 9.17) is 5.26 Å². The predicted molar refractivity (Wildman–Crippen MR) is 61.4 cm³/mol. The molecule has 0 saturated heterocycles. The molecule has 1 N–H and O–H groups in total. The maximum atomic E-state index is 11.0. The Labute approximate surface area is 93.5 Å². The lowest BCUT2D eigenvalue weighted by Crippen LogP contribution is -2.19. The first-order valence-corrected chi connectivity index (χ1v) is 5.69. The van der Waals surface area contributed by atoms with E-state index in [1.165, 1.54) is 11.8 Å². The molecule has 0 spiro atoms. The molecule has 1 aromatic carbocycles. The summed E-state index contributed by atoms with van der Waals surface area (Å²) in [5.41, 5.74) is 1.66. The molecule has 0 heterocycles. The van der Waals surface area contributed by atoms with E-state index in [1.54, 1.807) is 13.1 Å². The van der Waals surface area contributed by atoms with E-state index in [2.05, 4.69) is 11.4 Å². The fourth-order valence-corrected chi connectivity index (χ4v) is 1.98. The lowest BCUT2D eigenvalue weighted by molar-refractivity contribution is -0.118. The van der Waals surface area contributed by atoms with Crippen LogP contribution < -0.4 is 5.32 Å². The van der Waals surface area contributed by atoms with Crippen molar-refractivity contribution in [1.29, 1.82) is 5.26 Å². The second kappa shape index (κ2) is 6.10. The number of nitrogens with one attached hydrogen (secondary N) is 1. The average molecular weight is 220 g/mol. The monoisotopic (exact) mass is 220 g/mol. The molecule has 0 aliphatic rings. The summed E-state index contributed by atoms with van der Waals surface area (Å²) in [5.74, 6) is 1.13. The van der Waals surface area contributed by atoms with Gasteiger partial charge in [-0.2, -0.15) is 5.26 Å². The summed E-state index contributed by atoms with van der Waals surface area (Å²) >= 11 is 1.51. The summed E-state index contributed by atoms with van der Waals surface area (Å²) in [4.78, 5) is 11.0. The molecular formula is C11H12N2OS. The molecule has 3 nitrogen and oxygen atoms in total. The van der Waals surface area contributed by atoms with Gasteiger partial charge in [0.05, 0.1) is 17.4 Å². The van der Waals surface area contributed by atoms with Gasteiger partial charge in [-0.15, -0.1) is 11.8 Å². The number of thioether (sulfide) groups is 1. The molecule has 15 heavy (non-hydrogen) atoms. The van der Waals surface area contributed by atoms with Gasteiger partial charge in [0.15, 0.2) is 0 Å². The molecule has 0 fully saturated rings. The molecule has 1 rings (SSSR count). The van der Waals surface area contributed by atoms with Gasteiger partial charge in [0.25, 0.3) is 0 Å². The molecule has 0 atom stereocenters. The van der Waals surface area contributed by atoms with Crippen LogP contribution in [0.4, 0.5) is 0 Å². The van der Waals surface area contributed by atoms with Crippen LogP contribution in [0.15, 0.2) is 24.3 Å². The molecule has 1 amide bonds. The number of carbonyl (C=O) groups is 1. The van der Waals surface area contributed by atoms with Crippen molar-refractivity contribution in [3.05, 3.63) is 35.4 Å². The van der Waals surface area contributed by atoms with Gasteiger partial charge >= 0.3 is 0 Å². The number of benzene rings is 1. The third kappa shape index (κ3) is 3.64. The van der Waals surface area contributed by atoms with Gasteiger partial charge in [-0.3, -0.25) is 4.79 Å². The number of carbonyl (C=O) groups excluding carboxylic acids is 1. The highest BCUT2D eigenvalue weighted by atomic mass is 32.2. The lowest BCUT2D eigenvalue weighted by Gasteiger charge is -2.02. The van der Waals surface area contributed by atoms with Crippen molar-refractivity contribution in [2.75, 3.05) is 12.8 Å². The van der Waals surface area contributed by atoms with Gasteiger partial charge in [-0.25, -0.2) is 0 Å². The maximum absolute atomic E-state index is 11.0. The smallest absolute Gasteiger partial charge is 0.229 e. The molecule has 0 aliphatic carbocycles. The van der Waals surface area contributed by atoms with Crippen molar-refractivity contribution in [3.8, 4) is 6.07 Å². The second-order valence-corrected chi connectivity index (χ2v) is 3.92. The summed E-state index contributed by atoms with van der Waals surface area (Å²) in [6.45, 7) is 0. The molecule has 1 aromatic rings. The number of nitrogens with zero attached hydrogens (tertiary/aromatic N) is 1. The molecule has 4 heteroatoms. The number of nitriles is 1. The van der Waals surface area contributed by atoms with Gasteiger partial charge in [0, 0.05) is 12.8 Å². The van der Waals surface area contributed by atoms with Crippen LogP contribution in [0.5, 0.6) is 0 Å². The minimum atomic E-state index is 0.00874. The molecule has 0 aliphatic heterocycles. The molecule has 0 aromatic heterocycles. The first kappa shape index (κ1) is 11.6. The Bertz CT molecular complexity index is 384. The molecule has 0 bridgehead atoms. The molecular weight excluding hydrogens is 208 g/mol. The largest absolute Gasteiger partial charge is 0.358 e. The fraction of sp³-hybridized carbons (Fsp3) is 0.273.